The van der Waals surface area contributed by atoms with E-state index in [9.17, 15) is 4.79 Å². The van der Waals surface area contributed by atoms with Crippen LogP contribution in [0.3, 0.4) is 0 Å². The van der Waals surface area contributed by atoms with Gasteiger partial charge in [0.1, 0.15) is 5.60 Å². The predicted molar refractivity (Wildman–Crippen MR) is 85.2 cm³/mol. The molecule has 0 saturated carbocycles. The SMILES string of the molecule is C[C@@H]1CN(C(=O)OC(C)(C)C)[C@H](c2ccc(Br)cc2)CO1. The highest BCUT2D eigenvalue weighted by molar-refractivity contribution is 9.10. The molecule has 2 atom stereocenters. The number of halogens is 1. The maximum atomic E-state index is 12.4. The van der Waals surface area contributed by atoms with Crippen LogP contribution in [0.2, 0.25) is 0 Å². The van der Waals surface area contributed by atoms with Crippen LogP contribution in [0.5, 0.6) is 0 Å². The van der Waals surface area contributed by atoms with Crippen molar-refractivity contribution in [2.75, 3.05) is 13.2 Å². The second kappa shape index (κ2) is 6.36. The number of amides is 1. The molecule has 1 aliphatic rings. The van der Waals surface area contributed by atoms with Gasteiger partial charge in [-0.2, -0.15) is 0 Å². The van der Waals surface area contributed by atoms with Crippen molar-refractivity contribution < 1.29 is 14.3 Å². The van der Waals surface area contributed by atoms with Gasteiger partial charge < -0.3 is 9.47 Å². The number of carbonyl (C=O) groups excluding carboxylic acids is 1. The van der Waals surface area contributed by atoms with Gasteiger partial charge in [-0.15, -0.1) is 0 Å². The van der Waals surface area contributed by atoms with Crippen LogP contribution in [0.1, 0.15) is 39.3 Å². The maximum Gasteiger partial charge on any atom is 0.410 e. The van der Waals surface area contributed by atoms with E-state index in [0.29, 0.717) is 13.2 Å². The zero-order chi connectivity index (χ0) is 15.6. The van der Waals surface area contributed by atoms with E-state index in [0.717, 1.165) is 10.0 Å². The van der Waals surface area contributed by atoms with Gasteiger partial charge in [-0.3, -0.25) is 4.90 Å². The van der Waals surface area contributed by atoms with Crippen molar-refractivity contribution in [2.45, 2.75) is 45.4 Å². The lowest BCUT2D eigenvalue weighted by Gasteiger charge is -2.39. The molecule has 1 aromatic carbocycles. The molecular formula is C16H22BrNO3. The standard InChI is InChI=1S/C16H22BrNO3/c1-11-9-18(15(19)21-16(2,3)4)14(10-20-11)12-5-7-13(17)8-6-12/h5-8,11,14H,9-10H2,1-4H3/t11-,14+/m1/s1. The van der Waals surface area contributed by atoms with Gasteiger partial charge in [-0.25, -0.2) is 4.79 Å². The third kappa shape index (κ3) is 4.45. The van der Waals surface area contributed by atoms with Crippen LogP contribution >= 0.6 is 15.9 Å². The number of carbonyl (C=O) groups is 1. The van der Waals surface area contributed by atoms with Crippen molar-refractivity contribution in [1.29, 1.82) is 0 Å². The van der Waals surface area contributed by atoms with E-state index in [2.05, 4.69) is 15.9 Å². The van der Waals surface area contributed by atoms with Gasteiger partial charge in [0.25, 0.3) is 0 Å². The summed E-state index contributed by atoms with van der Waals surface area (Å²) < 4.78 is 12.3. The Balaban J connectivity index is 2.21. The molecule has 1 aromatic rings. The molecule has 0 bridgehead atoms. The van der Waals surface area contributed by atoms with E-state index in [4.69, 9.17) is 9.47 Å². The highest BCUT2D eigenvalue weighted by Gasteiger charge is 2.34. The monoisotopic (exact) mass is 355 g/mol. The summed E-state index contributed by atoms with van der Waals surface area (Å²) in [6.07, 6.45) is -0.269. The van der Waals surface area contributed by atoms with Gasteiger partial charge in [-0.05, 0) is 45.4 Å². The predicted octanol–water partition coefficient (Wildman–Crippen LogP) is 4.15. The molecule has 0 aromatic heterocycles. The van der Waals surface area contributed by atoms with E-state index in [1.807, 2.05) is 52.0 Å². The first-order valence-electron chi connectivity index (χ1n) is 7.13. The number of ether oxygens (including phenoxy) is 2. The Labute approximate surface area is 134 Å². The Morgan fingerprint density at radius 1 is 1.33 bits per heavy atom. The smallest absolute Gasteiger partial charge is 0.410 e. The van der Waals surface area contributed by atoms with Crippen molar-refractivity contribution in [3.05, 3.63) is 34.3 Å². The lowest BCUT2D eigenvalue weighted by atomic mass is 10.0. The zero-order valence-corrected chi connectivity index (χ0v) is 14.5. The lowest BCUT2D eigenvalue weighted by Crippen LogP contribution is -2.48. The second-order valence-corrected chi connectivity index (χ2v) is 7.26. The molecule has 116 valence electrons. The second-order valence-electron chi connectivity index (χ2n) is 6.34. The average molecular weight is 356 g/mol. The number of benzene rings is 1. The average Bonchev–Trinajstić information content (AvgIpc) is 2.38. The van der Waals surface area contributed by atoms with Gasteiger partial charge in [0.05, 0.1) is 25.3 Å². The summed E-state index contributed by atoms with van der Waals surface area (Å²) in [5, 5.41) is 0. The largest absolute Gasteiger partial charge is 0.444 e. The molecule has 1 fully saturated rings. The molecule has 0 N–H and O–H groups in total. The molecule has 1 heterocycles. The van der Waals surface area contributed by atoms with Crippen LogP contribution in [-0.2, 0) is 9.47 Å². The summed E-state index contributed by atoms with van der Waals surface area (Å²) >= 11 is 3.43. The van der Waals surface area contributed by atoms with Crippen molar-refractivity contribution in [3.63, 3.8) is 0 Å². The van der Waals surface area contributed by atoms with Gasteiger partial charge in [-0.1, -0.05) is 28.1 Å². The molecule has 21 heavy (non-hydrogen) atoms. The molecule has 4 nitrogen and oxygen atoms in total. The van der Waals surface area contributed by atoms with Gasteiger partial charge in [0, 0.05) is 4.47 Å². The molecule has 0 aliphatic carbocycles. The Morgan fingerprint density at radius 3 is 2.52 bits per heavy atom. The van der Waals surface area contributed by atoms with Crippen LogP contribution in [0.15, 0.2) is 28.7 Å². The number of morpholine rings is 1. The van der Waals surface area contributed by atoms with E-state index in [-0.39, 0.29) is 18.2 Å². The molecule has 1 saturated heterocycles. The van der Waals surface area contributed by atoms with Gasteiger partial charge in [0.2, 0.25) is 0 Å². The van der Waals surface area contributed by atoms with Crippen LogP contribution in [-0.4, -0.2) is 35.8 Å². The Morgan fingerprint density at radius 2 is 1.95 bits per heavy atom. The highest BCUT2D eigenvalue weighted by Crippen LogP contribution is 2.28. The van der Waals surface area contributed by atoms with Crippen molar-refractivity contribution in [3.8, 4) is 0 Å². The quantitative estimate of drug-likeness (QED) is 0.759. The molecule has 1 aliphatic heterocycles. The first-order valence-corrected chi connectivity index (χ1v) is 7.92. The fourth-order valence-corrected chi connectivity index (χ4v) is 2.55. The molecule has 0 unspecified atom stereocenters. The minimum Gasteiger partial charge on any atom is -0.444 e. The summed E-state index contributed by atoms with van der Waals surface area (Å²) in [5.41, 5.74) is 0.555. The molecule has 2 rings (SSSR count). The Kier molecular flexibility index (Phi) is 4.94. The van der Waals surface area contributed by atoms with Crippen LogP contribution in [0.25, 0.3) is 0 Å². The fraction of sp³-hybridized carbons (Fsp3) is 0.562. The first kappa shape index (κ1) is 16.3. The number of hydrogen-bond acceptors (Lipinski definition) is 3. The maximum absolute atomic E-state index is 12.4. The van der Waals surface area contributed by atoms with Crippen LogP contribution in [0.4, 0.5) is 4.79 Å². The molecule has 1 amide bonds. The highest BCUT2D eigenvalue weighted by atomic mass is 79.9. The third-order valence-electron chi connectivity index (χ3n) is 3.25. The normalized spacial score (nSPS) is 23.0. The zero-order valence-electron chi connectivity index (χ0n) is 12.9. The summed E-state index contributed by atoms with van der Waals surface area (Å²) in [4.78, 5) is 14.2. The Bertz CT molecular complexity index is 495. The van der Waals surface area contributed by atoms with E-state index >= 15 is 0 Å². The van der Waals surface area contributed by atoms with Gasteiger partial charge >= 0.3 is 6.09 Å². The van der Waals surface area contributed by atoms with E-state index in [1.165, 1.54) is 0 Å². The molecule has 0 spiro atoms. The summed E-state index contributed by atoms with van der Waals surface area (Å²) in [6.45, 7) is 8.63. The third-order valence-corrected chi connectivity index (χ3v) is 3.78. The Hall–Kier alpha value is -1.07. The summed E-state index contributed by atoms with van der Waals surface area (Å²) in [6, 6.07) is 7.85. The summed E-state index contributed by atoms with van der Waals surface area (Å²) in [7, 11) is 0. The van der Waals surface area contributed by atoms with Crippen LogP contribution in [0, 0.1) is 0 Å². The topological polar surface area (TPSA) is 38.8 Å². The summed E-state index contributed by atoms with van der Waals surface area (Å²) in [5.74, 6) is 0. The van der Waals surface area contributed by atoms with Crippen LogP contribution < -0.4 is 0 Å². The molecule has 0 radical (unpaired) electrons. The minimum atomic E-state index is -0.497. The number of hydrogen-bond donors (Lipinski definition) is 0. The number of nitrogens with zero attached hydrogens (tertiary/aromatic N) is 1. The van der Waals surface area contributed by atoms with E-state index in [1.54, 1.807) is 4.90 Å². The van der Waals surface area contributed by atoms with Crippen molar-refractivity contribution in [2.24, 2.45) is 0 Å². The molecule has 5 heteroatoms. The fourth-order valence-electron chi connectivity index (χ4n) is 2.29. The number of rotatable bonds is 1. The van der Waals surface area contributed by atoms with Crippen molar-refractivity contribution >= 4 is 22.0 Å². The lowest BCUT2D eigenvalue weighted by molar-refractivity contribution is -0.0644. The first-order chi connectivity index (χ1) is 9.76. The van der Waals surface area contributed by atoms with E-state index < -0.39 is 5.60 Å². The van der Waals surface area contributed by atoms with Gasteiger partial charge in [0.15, 0.2) is 0 Å². The molecular weight excluding hydrogens is 334 g/mol. The minimum absolute atomic E-state index is 0.0178. The van der Waals surface area contributed by atoms with Crippen molar-refractivity contribution in [1.82, 2.24) is 4.90 Å².